The van der Waals surface area contributed by atoms with Crippen LogP contribution in [0.2, 0.25) is 0 Å². The normalized spacial score (nSPS) is 18.9. The number of carboxylic acid groups (broad SMARTS) is 1. The van der Waals surface area contributed by atoms with E-state index < -0.39 is 17.2 Å². The van der Waals surface area contributed by atoms with Gasteiger partial charge in [-0.05, 0) is 34.8 Å². The Balaban J connectivity index is 2.53. The Kier molecular flexibility index (Phi) is 3.52. The Labute approximate surface area is 108 Å². The van der Waals surface area contributed by atoms with Gasteiger partial charge in [0.25, 0.3) is 0 Å². The minimum absolute atomic E-state index is 0.319. The monoisotopic (exact) mass is 300 g/mol. The molecule has 2 rings (SSSR count). The zero-order valence-electron chi connectivity index (χ0n) is 9.38. The van der Waals surface area contributed by atoms with E-state index in [0.717, 1.165) is 19.3 Å². The molecule has 0 aliphatic heterocycles. The Morgan fingerprint density at radius 3 is 2.53 bits per heavy atom. The number of carboxylic acids is 1. The molecule has 2 nitrogen and oxygen atoms in total. The second-order valence-electron chi connectivity index (χ2n) is 4.55. The molecule has 1 aliphatic carbocycles. The predicted octanol–water partition coefficient (Wildman–Crippen LogP) is 3.87. The first-order chi connectivity index (χ1) is 8.08. The summed E-state index contributed by atoms with van der Waals surface area (Å²) in [5.41, 5.74) is -0.717. The maximum atomic E-state index is 14.1. The van der Waals surface area contributed by atoms with Crippen molar-refractivity contribution in [1.29, 1.82) is 0 Å². The summed E-state index contributed by atoms with van der Waals surface area (Å²) in [6.07, 6.45) is 3.77. The summed E-state index contributed by atoms with van der Waals surface area (Å²) in [4.78, 5) is 11.6. The highest BCUT2D eigenvalue weighted by Gasteiger charge is 2.43. The van der Waals surface area contributed by atoms with Crippen LogP contribution in [0.15, 0.2) is 22.7 Å². The summed E-state index contributed by atoms with van der Waals surface area (Å²) in [5.74, 6) is -1.34. The molecule has 0 saturated heterocycles. The van der Waals surface area contributed by atoms with Crippen LogP contribution in [0, 0.1) is 5.82 Å². The first-order valence-corrected chi connectivity index (χ1v) is 6.55. The van der Waals surface area contributed by atoms with Gasteiger partial charge in [0.15, 0.2) is 0 Å². The Bertz CT molecular complexity index is 439. The Morgan fingerprint density at radius 2 is 1.94 bits per heavy atom. The van der Waals surface area contributed by atoms with Gasteiger partial charge in [0.05, 0.1) is 9.89 Å². The lowest BCUT2D eigenvalue weighted by Crippen LogP contribution is -2.38. The lowest BCUT2D eigenvalue weighted by atomic mass is 9.69. The van der Waals surface area contributed by atoms with E-state index in [4.69, 9.17) is 0 Å². The summed E-state index contributed by atoms with van der Waals surface area (Å²) in [6, 6.07) is 4.89. The Morgan fingerprint density at radius 1 is 1.29 bits per heavy atom. The molecule has 0 heterocycles. The van der Waals surface area contributed by atoms with Crippen LogP contribution in [0.25, 0.3) is 0 Å². The number of carbonyl (C=O) groups is 1. The summed E-state index contributed by atoms with van der Waals surface area (Å²) in [5, 5.41) is 9.48. The molecule has 0 aromatic heterocycles. The van der Waals surface area contributed by atoms with Crippen LogP contribution >= 0.6 is 15.9 Å². The molecule has 1 N–H and O–H groups in total. The first kappa shape index (κ1) is 12.6. The van der Waals surface area contributed by atoms with Crippen molar-refractivity contribution in [3.63, 3.8) is 0 Å². The van der Waals surface area contributed by atoms with E-state index in [1.165, 1.54) is 0 Å². The third kappa shape index (κ3) is 2.10. The van der Waals surface area contributed by atoms with Gasteiger partial charge in [0, 0.05) is 5.56 Å². The number of halogens is 2. The van der Waals surface area contributed by atoms with E-state index in [-0.39, 0.29) is 0 Å². The van der Waals surface area contributed by atoms with Crippen LogP contribution in [0.1, 0.15) is 37.7 Å². The van der Waals surface area contributed by atoms with Crippen molar-refractivity contribution >= 4 is 21.9 Å². The highest BCUT2D eigenvalue weighted by atomic mass is 79.9. The molecule has 0 radical (unpaired) electrons. The smallest absolute Gasteiger partial charge is 0.314 e. The molecular weight excluding hydrogens is 287 g/mol. The molecule has 1 fully saturated rings. The molecule has 0 bridgehead atoms. The van der Waals surface area contributed by atoms with Gasteiger partial charge >= 0.3 is 5.97 Å². The molecular formula is C13H14BrFO2. The van der Waals surface area contributed by atoms with Gasteiger partial charge in [0.2, 0.25) is 0 Å². The van der Waals surface area contributed by atoms with E-state index in [2.05, 4.69) is 15.9 Å². The SMILES string of the molecule is O=C(O)C1(c2cccc(Br)c2F)CCCCC1. The van der Waals surface area contributed by atoms with E-state index >= 15 is 0 Å². The van der Waals surface area contributed by atoms with Crippen LogP contribution in [-0.2, 0) is 10.2 Å². The van der Waals surface area contributed by atoms with E-state index in [9.17, 15) is 14.3 Å². The molecule has 4 heteroatoms. The molecule has 1 saturated carbocycles. The number of hydrogen-bond donors (Lipinski definition) is 1. The van der Waals surface area contributed by atoms with E-state index in [0.29, 0.717) is 22.9 Å². The van der Waals surface area contributed by atoms with Crippen LogP contribution < -0.4 is 0 Å². The van der Waals surface area contributed by atoms with Crippen molar-refractivity contribution in [2.45, 2.75) is 37.5 Å². The fraction of sp³-hybridized carbons (Fsp3) is 0.462. The molecule has 17 heavy (non-hydrogen) atoms. The summed E-state index contributed by atoms with van der Waals surface area (Å²) in [6.45, 7) is 0. The van der Waals surface area contributed by atoms with Crippen molar-refractivity contribution in [1.82, 2.24) is 0 Å². The highest BCUT2D eigenvalue weighted by Crippen LogP contribution is 2.41. The molecule has 1 aromatic rings. The van der Waals surface area contributed by atoms with Crippen LogP contribution in [-0.4, -0.2) is 11.1 Å². The maximum Gasteiger partial charge on any atom is 0.314 e. The molecule has 0 amide bonds. The minimum atomic E-state index is -1.04. The van der Waals surface area contributed by atoms with Crippen molar-refractivity contribution < 1.29 is 14.3 Å². The Hall–Kier alpha value is -0.900. The molecule has 0 unspecified atom stereocenters. The third-order valence-corrected chi connectivity index (χ3v) is 4.20. The quantitative estimate of drug-likeness (QED) is 0.900. The average Bonchev–Trinajstić information content (AvgIpc) is 2.33. The highest BCUT2D eigenvalue weighted by molar-refractivity contribution is 9.10. The summed E-state index contributed by atoms with van der Waals surface area (Å²) in [7, 11) is 0. The number of benzene rings is 1. The van der Waals surface area contributed by atoms with Gasteiger partial charge in [0.1, 0.15) is 5.82 Å². The van der Waals surface area contributed by atoms with Crippen LogP contribution in [0.5, 0.6) is 0 Å². The van der Waals surface area contributed by atoms with Crippen LogP contribution in [0.4, 0.5) is 4.39 Å². The first-order valence-electron chi connectivity index (χ1n) is 5.76. The summed E-state index contributed by atoms with van der Waals surface area (Å²) < 4.78 is 14.4. The lowest BCUT2D eigenvalue weighted by Gasteiger charge is -2.34. The molecule has 1 aromatic carbocycles. The van der Waals surface area contributed by atoms with E-state index in [1.54, 1.807) is 18.2 Å². The lowest BCUT2D eigenvalue weighted by molar-refractivity contribution is -0.145. The van der Waals surface area contributed by atoms with Gasteiger partial charge < -0.3 is 5.11 Å². The van der Waals surface area contributed by atoms with E-state index in [1.807, 2.05) is 0 Å². The zero-order chi connectivity index (χ0) is 12.5. The topological polar surface area (TPSA) is 37.3 Å². The molecule has 1 aliphatic rings. The standard InChI is InChI=1S/C13H14BrFO2/c14-10-6-4-5-9(11(10)15)13(12(16)17)7-2-1-3-8-13/h4-6H,1-3,7-8H2,(H,16,17). The van der Waals surface area contributed by atoms with Gasteiger partial charge in [-0.25, -0.2) is 4.39 Å². The number of aliphatic carboxylic acids is 1. The van der Waals surface area contributed by atoms with Gasteiger partial charge in [-0.3, -0.25) is 4.79 Å². The predicted molar refractivity (Wildman–Crippen MR) is 66.5 cm³/mol. The largest absolute Gasteiger partial charge is 0.481 e. The zero-order valence-corrected chi connectivity index (χ0v) is 11.0. The fourth-order valence-corrected chi connectivity index (χ4v) is 2.99. The molecule has 0 atom stereocenters. The second-order valence-corrected chi connectivity index (χ2v) is 5.40. The maximum absolute atomic E-state index is 14.1. The van der Waals surface area contributed by atoms with Gasteiger partial charge in [-0.1, -0.05) is 31.4 Å². The third-order valence-electron chi connectivity index (χ3n) is 3.58. The average molecular weight is 301 g/mol. The fourth-order valence-electron chi connectivity index (χ4n) is 2.63. The second kappa shape index (κ2) is 4.77. The van der Waals surface area contributed by atoms with Crippen molar-refractivity contribution in [3.05, 3.63) is 34.1 Å². The van der Waals surface area contributed by atoms with Crippen molar-refractivity contribution in [2.24, 2.45) is 0 Å². The minimum Gasteiger partial charge on any atom is -0.481 e. The van der Waals surface area contributed by atoms with Crippen molar-refractivity contribution in [3.8, 4) is 0 Å². The summed E-state index contributed by atoms with van der Waals surface area (Å²) >= 11 is 3.12. The number of rotatable bonds is 2. The van der Waals surface area contributed by atoms with Gasteiger partial charge in [-0.15, -0.1) is 0 Å². The molecule has 92 valence electrons. The van der Waals surface area contributed by atoms with Gasteiger partial charge in [-0.2, -0.15) is 0 Å². The number of hydrogen-bond acceptors (Lipinski definition) is 1. The molecule has 0 spiro atoms. The van der Waals surface area contributed by atoms with Crippen LogP contribution in [0.3, 0.4) is 0 Å². The van der Waals surface area contributed by atoms with Crippen molar-refractivity contribution in [2.75, 3.05) is 0 Å².